The van der Waals surface area contributed by atoms with Gasteiger partial charge in [-0.25, -0.2) is 14.5 Å². The SMILES string of the molecule is Cc1cccc(C(=O)c2cn3ncnc(Nc4cc(C(=O)Nc5ccon5)ccc4C)c3c2C)n1. The summed E-state index contributed by atoms with van der Waals surface area (Å²) < 4.78 is 6.37. The monoisotopic (exact) mass is 467 g/mol. The van der Waals surface area contributed by atoms with Gasteiger partial charge in [0.1, 0.15) is 23.8 Å². The molecule has 0 saturated heterocycles. The number of aryl methyl sites for hydroxylation is 3. The quantitative estimate of drug-likeness (QED) is 0.355. The third kappa shape index (κ3) is 4.24. The second-order valence-corrected chi connectivity index (χ2v) is 8.06. The Morgan fingerprint density at radius 2 is 1.91 bits per heavy atom. The van der Waals surface area contributed by atoms with E-state index < -0.39 is 0 Å². The first-order chi connectivity index (χ1) is 16.9. The van der Waals surface area contributed by atoms with Crippen LogP contribution >= 0.6 is 0 Å². The van der Waals surface area contributed by atoms with E-state index in [9.17, 15) is 9.59 Å². The molecule has 5 aromatic rings. The van der Waals surface area contributed by atoms with Crippen LogP contribution in [0.1, 0.15) is 43.2 Å². The predicted molar refractivity (Wildman–Crippen MR) is 129 cm³/mol. The molecular formula is C25H21N7O3. The van der Waals surface area contributed by atoms with E-state index in [2.05, 4.69) is 30.9 Å². The van der Waals surface area contributed by atoms with Crippen LogP contribution in [-0.2, 0) is 0 Å². The molecule has 1 amide bonds. The molecule has 174 valence electrons. The number of ketones is 1. The average molecular weight is 467 g/mol. The molecule has 0 unspecified atom stereocenters. The number of rotatable bonds is 6. The lowest BCUT2D eigenvalue weighted by molar-refractivity contribution is 0.102. The first-order valence-corrected chi connectivity index (χ1v) is 10.8. The molecule has 10 nitrogen and oxygen atoms in total. The number of fused-ring (bicyclic) bond motifs is 1. The number of carbonyl (C=O) groups excluding carboxylic acids is 2. The highest BCUT2D eigenvalue weighted by Gasteiger charge is 2.21. The van der Waals surface area contributed by atoms with Gasteiger partial charge >= 0.3 is 0 Å². The number of carbonyl (C=O) groups is 2. The van der Waals surface area contributed by atoms with E-state index in [1.54, 1.807) is 35.0 Å². The Labute approximate surface area is 200 Å². The number of hydrogen-bond donors (Lipinski definition) is 2. The third-order valence-electron chi connectivity index (χ3n) is 5.62. The minimum Gasteiger partial charge on any atom is -0.363 e. The zero-order chi connectivity index (χ0) is 24.5. The van der Waals surface area contributed by atoms with Gasteiger partial charge in [-0.05, 0) is 56.2 Å². The van der Waals surface area contributed by atoms with Gasteiger partial charge in [0.2, 0.25) is 5.78 Å². The van der Waals surface area contributed by atoms with Crippen molar-refractivity contribution >= 4 is 34.5 Å². The van der Waals surface area contributed by atoms with Crippen molar-refractivity contribution in [1.82, 2.24) is 24.7 Å². The molecule has 5 rings (SSSR count). The van der Waals surface area contributed by atoms with Crippen LogP contribution in [0.5, 0.6) is 0 Å². The molecule has 0 bridgehead atoms. The number of benzene rings is 1. The van der Waals surface area contributed by atoms with Crippen LogP contribution in [0.15, 0.2) is 65.8 Å². The molecular weight excluding hydrogens is 446 g/mol. The van der Waals surface area contributed by atoms with Crippen LogP contribution in [0.25, 0.3) is 5.52 Å². The number of nitrogens with one attached hydrogen (secondary N) is 2. The van der Waals surface area contributed by atoms with E-state index in [0.29, 0.717) is 39.7 Å². The molecule has 4 heterocycles. The number of amides is 1. The van der Waals surface area contributed by atoms with Crippen molar-refractivity contribution in [3.8, 4) is 0 Å². The predicted octanol–water partition coefficient (Wildman–Crippen LogP) is 4.26. The molecule has 35 heavy (non-hydrogen) atoms. The van der Waals surface area contributed by atoms with Crippen molar-refractivity contribution in [2.24, 2.45) is 0 Å². The zero-order valence-electron chi connectivity index (χ0n) is 19.2. The van der Waals surface area contributed by atoms with Gasteiger partial charge in [0.25, 0.3) is 5.91 Å². The lowest BCUT2D eigenvalue weighted by atomic mass is 10.1. The summed E-state index contributed by atoms with van der Waals surface area (Å²) in [5, 5.41) is 14.0. The fourth-order valence-corrected chi connectivity index (χ4v) is 3.78. The molecule has 0 atom stereocenters. The number of aromatic nitrogens is 5. The van der Waals surface area contributed by atoms with Gasteiger partial charge in [-0.3, -0.25) is 9.59 Å². The van der Waals surface area contributed by atoms with Crippen molar-refractivity contribution in [1.29, 1.82) is 0 Å². The Bertz CT molecular complexity index is 1570. The topological polar surface area (TPSA) is 127 Å². The van der Waals surface area contributed by atoms with Crippen LogP contribution in [0, 0.1) is 20.8 Å². The normalized spacial score (nSPS) is 10.9. The Morgan fingerprint density at radius 3 is 2.69 bits per heavy atom. The van der Waals surface area contributed by atoms with Crippen molar-refractivity contribution < 1.29 is 14.1 Å². The molecule has 0 fully saturated rings. The lowest BCUT2D eigenvalue weighted by Crippen LogP contribution is -2.12. The van der Waals surface area contributed by atoms with Crippen LogP contribution in [0.3, 0.4) is 0 Å². The Morgan fingerprint density at radius 1 is 1.06 bits per heavy atom. The molecule has 0 aliphatic heterocycles. The van der Waals surface area contributed by atoms with Crippen molar-refractivity contribution in [2.45, 2.75) is 20.8 Å². The van der Waals surface area contributed by atoms with E-state index in [-0.39, 0.29) is 11.7 Å². The number of anilines is 3. The smallest absolute Gasteiger partial charge is 0.256 e. The molecule has 10 heteroatoms. The summed E-state index contributed by atoms with van der Waals surface area (Å²) in [5.41, 5.74) is 5.02. The highest BCUT2D eigenvalue weighted by atomic mass is 16.5. The molecule has 0 radical (unpaired) electrons. The second-order valence-electron chi connectivity index (χ2n) is 8.06. The first kappa shape index (κ1) is 22.0. The lowest BCUT2D eigenvalue weighted by Gasteiger charge is -2.12. The number of hydrogen-bond acceptors (Lipinski definition) is 8. The molecule has 2 N–H and O–H groups in total. The summed E-state index contributed by atoms with van der Waals surface area (Å²) >= 11 is 0. The Balaban J connectivity index is 1.49. The Kier molecular flexibility index (Phi) is 5.54. The maximum Gasteiger partial charge on any atom is 0.256 e. The van der Waals surface area contributed by atoms with E-state index in [1.165, 1.54) is 12.6 Å². The second kappa shape index (κ2) is 8.82. The summed E-state index contributed by atoms with van der Waals surface area (Å²) in [6, 6.07) is 12.2. The number of pyridine rings is 1. The summed E-state index contributed by atoms with van der Waals surface area (Å²) in [6.45, 7) is 5.61. The highest BCUT2D eigenvalue weighted by molar-refractivity contribution is 6.10. The molecule has 0 aliphatic carbocycles. The van der Waals surface area contributed by atoms with Gasteiger partial charge in [-0.1, -0.05) is 17.3 Å². The van der Waals surface area contributed by atoms with E-state index >= 15 is 0 Å². The van der Waals surface area contributed by atoms with Crippen molar-refractivity contribution in [3.05, 3.63) is 94.9 Å². The van der Waals surface area contributed by atoms with Crippen LogP contribution < -0.4 is 10.6 Å². The van der Waals surface area contributed by atoms with Gasteiger partial charge in [0, 0.05) is 34.8 Å². The molecule has 4 aromatic heterocycles. The summed E-state index contributed by atoms with van der Waals surface area (Å²) in [4.78, 5) is 34.6. The van der Waals surface area contributed by atoms with Crippen molar-refractivity contribution in [3.63, 3.8) is 0 Å². The summed E-state index contributed by atoms with van der Waals surface area (Å²) in [5.74, 6) is 0.315. The molecule has 0 spiro atoms. The highest BCUT2D eigenvalue weighted by Crippen LogP contribution is 2.28. The van der Waals surface area contributed by atoms with Gasteiger partial charge in [-0.2, -0.15) is 5.10 Å². The van der Waals surface area contributed by atoms with E-state index in [0.717, 1.165) is 16.8 Å². The molecule has 0 saturated carbocycles. The van der Waals surface area contributed by atoms with Crippen molar-refractivity contribution in [2.75, 3.05) is 10.6 Å². The fraction of sp³-hybridized carbons (Fsp3) is 0.120. The largest absolute Gasteiger partial charge is 0.363 e. The minimum atomic E-state index is -0.327. The van der Waals surface area contributed by atoms with Gasteiger partial charge in [0.05, 0.1) is 0 Å². The third-order valence-corrected chi connectivity index (χ3v) is 5.62. The standard InChI is InChI=1S/C25H21N7O3/c1-14-7-8-17(25(34)30-21-9-10-35-31-21)11-20(14)29-24-22-16(3)18(12-32(22)27-13-26-24)23(33)19-6-4-5-15(2)28-19/h4-13H,1-3H3,(H,26,27,29)(H,30,31,34). The maximum atomic E-state index is 13.2. The zero-order valence-corrected chi connectivity index (χ0v) is 19.2. The van der Waals surface area contributed by atoms with Crippen LogP contribution in [-0.4, -0.2) is 36.4 Å². The van der Waals surface area contributed by atoms with Crippen LogP contribution in [0.2, 0.25) is 0 Å². The van der Waals surface area contributed by atoms with E-state index in [4.69, 9.17) is 4.52 Å². The average Bonchev–Trinajstić information content (AvgIpc) is 3.48. The first-order valence-electron chi connectivity index (χ1n) is 10.8. The van der Waals surface area contributed by atoms with Crippen LogP contribution in [0.4, 0.5) is 17.3 Å². The minimum absolute atomic E-state index is 0.189. The van der Waals surface area contributed by atoms with Gasteiger partial charge < -0.3 is 15.2 Å². The Hall–Kier alpha value is -4.86. The van der Waals surface area contributed by atoms with Gasteiger partial charge in [-0.15, -0.1) is 0 Å². The molecule has 0 aliphatic rings. The van der Waals surface area contributed by atoms with Gasteiger partial charge in [0.15, 0.2) is 11.6 Å². The maximum absolute atomic E-state index is 13.2. The fourth-order valence-electron chi connectivity index (χ4n) is 3.78. The summed E-state index contributed by atoms with van der Waals surface area (Å²) in [6.07, 6.45) is 4.47. The summed E-state index contributed by atoms with van der Waals surface area (Å²) in [7, 11) is 0. The van der Waals surface area contributed by atoms with E-state index in [1.807, 2.05) is 39.0 Å². The number of nitrogens with zero attached hydrogens (tertiary/aromatic N) is 5. The molecule has 1 aromatic carbocycles.